The van der Waals surface area contributed by atoms with Gasteiger partial charge >= 0.3 is 0 Å². The van der Waals surface area contributed by atoms with E-state index in [9.17, 15) is 4.79 Å². The molecule has 1 saturated heterocycles. The van der Waals surface area contributed by atoms with Crippen LogP contribution < -0.4 is 0 Å². The molecule has 1 fully saturated rings. The zero-order chi connectivity index (χ0) is 8.27. The quantitative estimate of drug-likeness (QED) is 0.609. The summed E-state index contributed by atoms with van der Waals surface area (Å²) >= 11 is 3.35. The van der Waals surface area contributed by atoms with Crippen molar-refractivity contribution in [3.63, 3.8) is 0 Å². The van der Waals surface area contributed by atoms with E-state index < -0.39 is 0 Å². The molecular weight excluding hydrogens is 210 g/mol. The molecule has 3 nitrogen and oxygen atoms in total. The highest BCUT2D eigenvalue weighted by Crippen LogP contribution is 2.08. The Morgan fingerprint density at radius 2 is 2.55 bits per heavy atom. The molecule has 64 valence electrons. The molecule has 1 aliphatic heterocycles. The minimum atomic E-state index is 0.137. The summed E-state index contributed by atoms with van der Waals surface area (Å²) in [5.74, 6) is 0.137. The SMILES string of the molecule is CC(=O)N1CCOCC1CBr. The van der Waals surface area contributed by atoms with Crippen molar-refractivity contribution < 1.29 is 9.53 Å². The summed E-state index contributed by atoms with van der Waals surface area (Å²) in [5.41, 5.74) is 0. The highest BCUT2D eigenvalue weighted by atomic mass is 79.9. The largest absolute Gasteiger partial charge is 0.377 e. The summed E-state index contributed by atoms with van der Waals surface area (Å²) in [5, 5.41) is 0.798. The molecule has 1 atom stereocenters. The van der Waals surface area contributed by atoms with Crippen molar-refractivity contribution in [2.45, 2.75) is 13.0 Å². The minimum absolute atomic E-state index is 0.137. The highest BCUT2D eigenvalue weighted by molar-refractivity contribution is 9.09. The Bertz CT molecular complexity index is 151. The molecule has 1 rings (SSSR count). The second kappa shape index (κ2) is 4.07. The zero-order valence-electron chi connectivity index (χ0n) is 6.55. The fraction of sp³-hybridized carbons (Fsp3) is 0.857. The Morgan fingerprint density at radius 1 is 1.82 bits per heavy atom. The van der Waals surface area contributed by atoms with Gasteiger partial charge < -0.3 is 9.64 Å². The number of hydrogen-bond donors (Lipinski definition) is 0. The average molecular weight is 222 g/mol. The summed E-state index contributed by atoms with van der Waals surface area (Å²) in [7, 11) is 0. The summed E-state index contributed by atoms with van der Waals surface area (Å²) in [6.07, 6.45) is 0. The molecule has 0 aromatic carbocycles. The first-order valence-corrected chi connectivity index (χ1v) is 4.78. The fourth-order valence-electron chi connectivity index (χ4n) is 1.20. The van der Waals surface area contributed by atoms with Gasteiger partial charge in [0.2, 0.25) is 5.91 Å². The standard InChI is InChI=1S/C7H12BrNO2/c1-6(10)9-2-3-11-5-7(9)4-8/h7H,2-5H2,1H3. The fourth-order valence-corrected chi connectivity index (χ4v) is 1.73. The number of morpholine rings is 1. The van der Waals surface area contributed by atoms with Gasteiger partial charge in [0.1, 0.15) is 0 Å². The molecule has 0 N–H and O–H groups in total. The van der Waals surface area contributed by atoms with Gasteiger partial charge in [-0.1, -0.05) is 15.9 Å². The van der Waals surface area contributed by atoms with Crippen molar-refractivity contribution in [3.8, 4) is 0 Å². The first-order valence-electron chi connectivity index (χ1n) is 3.66. The van der Waals surface area contributed by atoms with E-state index in [-0.39, 0.29) is 11.9 Å². The number of amides is 1. The van der Waals surface area contributed by atoms with Gasteiger partial charge in [-0.05, 0) is 0 Å². The average Bonchev–Trinajstić information content (AvgIpc) is 2.04. The molecule has 0 spiro atoms. The lowest BCUT2D eigenvalue weighted by Crippen LogP contribution is -2.48. The molecule has 0 bridgehead atoms. The molecule has 1 amide bonds. The molecule has 0 radical (unpaired) electrons. The number of nitrogens with zero attached hydrogens (tertiary/aromatic N) is 1. The van der Waals surface area contributed by atoms with Gasteiger partial charge in [-0.3, -0.25) is 4.79 Å². The molecule has 1 unspecified atom stereocenters. The van der Waals surface area contributed by atoms with Crippen LogP contribution in [0.15, 0.2) is 0 Å². The molecule has 0 aromatic heterocycles. The Morgan fingerprint density at radius 3 is 3.00 bits per heavy atom. The van der Waals surface area contributed by atoms with Crippen LogP contribution in [0.25, 0.3) is 0 Å². The van der Waals surface area contributed by atoms with E-state index in [0.29, 0.717) is 13.2 Å². The predicted octanol–water partition coefficient (Wildman–Crippen LogP) is 0.629. The maximum atomic E-state index is 11.0. The molecule has 11 heavy (non-hydrogen) atoms. The number of halogens is 1. The van der Waals surface area contributed by atoms with Gasteiger partial charge in [-0.2, -0.15) is 0 Å². The number of rotatable bonds is 1. The summed E-state index contributed by atoms with van der Waals surface area (Å²) < 4.78 is 5.23. The Kier molecular flexibility index (Phi) is 3.33. The van der Waals surface area contributed by atoms with Crippen LogP contribution in [0, 0.1) is 0 Å². The molecule has 1 heterocycles. The molecule has 0 saturated carbocycles. The van der Waals surface area contributed by atoms with E-state index in [1.165, 1.54) is 0 Å². The van der Waals surface area contributed by atoms with E-state index in [0.717, 1.165) is 11.9 Å². The van der Waals surface area contributed by atoms with Crippen molar-refractivity contribution in [1.29, 1.82) is 0 Å². The number of hydrogen-bond acceptors (Lipinski definition) is 2. The maximum Gasteiger partial charge on any atom is 0.219 e. The van der Waals surface area contributed by atoms with Crippen LogP contribution in [-0.2, 0) is 9.53 Å². The summed E-state index contributed by atoms with van der Waals surface area (Å²) in [6.45, 7) is 3.65. The van der Waals surface area contributed by atoms with E-state index >= 15 is 0 Å². The van der Waals surface area contributed by atoms with Gasteiger partial charge in [0.15, 0.2) is 0 Å². The van der Waals surface area contributed by atoms with E-state index in [4.69, 9.17) is 4.74 Å². The van der Waals surface area contributed by atoms with Crippen LogP contribution in [0.1, 0.15) is 6.92 Å². The van der Waals surface area contributed by atoms with Crippen LogP contribution in [0.4, 0.5) is 0 Å². The van der Waals surface area contributed by atoms with Gasteiger partial charge in [0, 0.05) is 18.8 Å². The lowest BCUT2D eigenvalue weighted by molar-refractivity contribution is -0.136. The van der Waals surface area contributed by atoms with Crippen LogP contribution >= 0.6 is 15.9 Å². The predicted molar refractivity (Wildman–Crippen MR) is 45.8 cm³/mol. The maximum absolute atomic E-state index is 11.0. The number of alkyl halides is 1. The van der Waals surface area contributed by atoms with Gasteiger partial charge in [-0.15, -0.1) is 0 Å². The molecule has 0 aromatic rings. The summed E-state index contributed by atoms with van der Waals surface area (Å²) in [4.78, 5) is 12.9. The van der Waals surface area contributed by atoms with Crippen molar-refractivity contribution in [1.82, 2.24) is 4.90 Å². The monoisotopic (exact) mass is 221 g/mol. The van der Waals surface area contributed by atoms with E-state index in [1.807, 2.05) is 4.90 Å². The minimum Gasteiger partial charge on any atom is -0.377 e. The third-order valence-corrected chi connectivity index (χ3v) is 2.56. The second-order valence-electron chi connectivity index (χ2n) is 2.60. The zero-order valence-corrected chi connectivity index (χ0v) is 8.13. The topological polar surface area (TPSA) is 29.5 Å². The van der Waals surface area contributed by atoms with Crippen LogP contribution in [-0.4, -0.2) is 41.9 Å². The van der Waals surface area contributed by atoms with Crippen LogP contribution in [0.5, 0.6) is 0 Å². The third-order valence-electron chi connectivity index (χ3n) is 1.81. The second-order valence-corrected chi connectivity index (χ2v) is 3.24. The van der Waals surface area contributed by atoms with E-state index in [2.05, 4.69) is 15.9 Å². The lowest BCUT2D eigenvalue weighted by atomic mass is 10.2. The van der Waals surface area contributed by atoms with Gasteiger partial charge in [0.05, 0.1) is 19.3 Å². The number of carbonyl (C=O) groups is 1. The summed E-state index contributed by atoms with van der Waals surface area (Å²) in [6, 6.07) is 0.223. The van der Waals surface area contributed by atoms with Crippen LogP contribution in [0.2, 0.25) is 0 Å². The smallest absolute Gasteiger partial charge is 0.219 e. The Labute approximate surface area is 74.8 Å². The van der Waals surface area contributed by atoms with Crippen LogP contribution in [0.3, 0.4) is 0 Å². The van der Waals surface area contributed by atoms with Crippen molar-refractivity contribution in [3.05, 3.63) is 0 Å². The Hall–Kier alpha value is -0.0900. The molecule has 4 heteroatoms. The molecule has 0 aliphatic carbocycles. The Balaban J connectivity index is 2.51. The lowest BCUT2D eigenvalue weighted by Gasteiger charge is -2.33. The van der Waals surface area contributed by atoms with Gasteiger partial charge in [0.25, 0.3) is 0 Å². The van der Waals surface area contributed by atoms with Crippen molar-refractivity contribution in [2.75, 3.05) is 25.1 Å². The molecule has 1 aliphatic rings. The highest BCUT2D eigenvalue weighted by Gasteiger charge is 2.23. The molecular formula is C7H12BrNO2. The van der Waals surface area contributed by atoms with Crippen molar-refractivity contribution >= 4 is 21.8 Å². The third kappa shape index (κ3) is 2.17. The van der Waals surface area contributed by atoms with Crippen molar-refractivity contribution in [2.24, 2.45) is 0 Å². The number of carbonyl (C=O) groups excluding carboxylic acids is 1. The first kappa shape index (κ1) is 9.00. The van der Waals surface area contributed by atoms with Gasteiger partial charge in [-0.25, -0.2) is 0 Å². The number of ether oxygens (including phenoxy) is 1. The normalized spacial score (nSPS) is 25.3. The first-order chi connectivity index (χ1) is 5.25. The van der Waals surface area contributed by atoms with E-state index in [1.54, 1.807) is 6.92 Å².